The summed E-state index contributed by atoms with van der Waals surface area (Å²) in [4.78, 5) is 23.9. The van der Waals surface area contributed by atoms with Gasteiger partial charge in [-0.1, -0.05) is 0 Å². The summed E-state index contributed by atoms with van der Waals surface area (Å²) in [5, 5.41) is 19.2. The predicted molar refractivity (Wildman–Crippen MR) is 95.5 cm³/mol. The zero-order chi connectivity index (χ0) is 19.3. The molecule has 1 unspecified atom stereocenters. The van der Waals surface area contributed by atoms with Crippen molar-refractivity contribution in [2.45, 2.75) is 38.9 Å². The maximum atomic E-state index is 11.4. The van der Waals surface area contributed by atoms with E-state index in [1.807, 2.05) is 34.0 Å². The Bertz CT molecular complexity index is 793. The van der Waals surface area contributed by atoms with Crippen LogP contribution in [0.2, 0.25) is 0 Å². The normalized spacial score (nSPS) is 16.8. The van der Waals surface area contributed by atoms with Gasteiger partial charge in [0, 0.05) is 43.5 Å². The number of aromatic nitrogens is 4. The molecule has 0 aromatic carbocycles. The summed E-state index contributed by atoms with van der Waals surface area (Å²) in [7, 11) is 1.82. The van der Waals surface area contributed by atoms with Gasteiger partial charge in [0.1, 0.15) is 5.60 Å². The van der Waals surface area contributed by atoms with Gasteiger partial charge in [-0.25, -0.2) is 9.89 Å². The third-order valence-electron chi connectivity index (χ3n) is 3.52. The van der Waals surface area contributed by atoms with Crippen molar-refractivity contribution in [1.29, 1.82) is 0 Å². The second-order valence-corrected chi connectivity index (χ2v) is 7.11. The van der Waals surface area contributed by atoms with Gasteiger partial charge in [-0.05, 0) is 27.2 Å². The van der Waals surface area contributed by atoms with Crippen LogP contribution in [-0.2, 0) is 11.8 Å². The topological polar surface area (TPSA) is 113 Å². The fourth-order valence-electron chi connectivity index (χ4n) is 2.34. The Labute approximate surface area is 151 Å². The number of rotatable bonds is 1. The lowest BCUT2D eigenvalue weighted by atomic mass is 10.2. The molecule has 0 bridgehead atoms. The fraction of sp³-hybridized carbons (Fsp3) is 0.529. The number of hydrogen-bond acceptors (Lipinski definition) is 6. The first-order valence-electron chi connectivity index (χ1n) is 8.34. The number of β-amino-alcohol motifs (C(OH)–C–C–N with tert-alkyl or cyclic N) is 1. The summed E-state index contributed by atoms with van der Waals surface area (Å²) in [5.74, 6) is 0. The zero-order valence-electron chi connectivity index (χ0n) is 15.5. The molecule has 3 rings (SSSR count). The Morgan fingerprint density at radius 1 is 1.35 bits per heavy atom. The lowest BCUT2D eigenvalue weighted by molar-refractivity contribution is 0.0270. The van der Waals surface area contributed by atoms with Crippen LogP contribution in [0.1, 0.15) is 27.2 Å². The number of aliphatic hydroxyl groups is 1. The number of hydrogen-bond donors (Lipinski definition) is 2. The second-order valence-electron chi connectivity index (χ2n) is 7.11. The quantitative estimate of drug-likeness (QED) is 0.786. The van der Waals surface area contributed by atoms with Crippen molar-refractivity contribution in [2.75, 3.05) is 13.1 Å². The monoisotopic (exact) mass is 363 g/mol. The Balaban J connectivity index is 0.000000187. The highest BCUT2D eigenvalue weighted by Gasteiger charge is 2.28. The van der Waals surface area contributed by atoms with E-state index in [1.165, 1.54) is 11.0 Å². The van der Waals surface area contributed by atoms with Gasteiger partial charge in [0.15, 0.2) is 0 Å². The molecule has 0 radical (unpaired) electrons. The minimum atomic E-state index is -0.454. The molecular formula is C17H25N5O4. The Morgan fingerprint density at radius 2 is 2.08 bits per heavy atom. The number of aromatic amines is 1. The number of aryl methyl sites for hydroxylation is 1. The van der Waals surface area contributed by atoms with Gasteiger partial charge < -0.3 is 14.7 Å². The summed E-state index contributed by atoms with van der Waals surface area (Å²) in [6, 6.07) is 1.49. The molecule has 1 atom stereocenters. The molecule has 142 valence electrons. The lowest BCUT2D eigenvalue weighted by Crippen LogP contribution is -2.35. The van der Waals surface area contributed by atoms with E-state index in [9.17, 15) is 14.7 Å². The van der Waals surface area contributed by atoms with Crippen molar-refractivity contribution in [3.05, 3.63) is 35.0 Å². The number of carbonyl (C=O) groups is 1. The molecular weight excluding hydrogens is 338 g/mol. The largest absolute Gasteiger partial charge is 0.444 e. The molecule has 1 amide bonds. The van der Waals surface area contributed by atoms with E-state index in [4.69, 9.17) is 4.74 Å². The Kier molecular flexibility index (Phi) is 6.14. The van der Waals surface area contributed by atoms with Gasteiger partial charge >= 0.3 is 6.09 Å². The summed E-state index contributed by atoms with van der Waals surface area (Å²) in [6.07, 6.45) is 5.06. The maximum Gasteiger partial charge on any atom is 0.410 e. The van der Waals surface area contributed by atoms with Gasteiger partial charge in [-0.3, -0.25) is 9.48 Å². The maximum absolute atomic E-state index is 11.4. The number of likely N-dealkylation sites (tertiary alicyclic amines) is 1. The zero-order valence-corrected chi connectivity index (χ0v) is 15.5. The predicted octanol–water partition coefficient (Wildman–Crippen LogP) is 1.16. The number of nitrogens with one attached hydrogen (secondary N) is 1. The molecule has 2 aromatic rings. The van der Waals surface area contributed by atoms with Crippen molar-refractivity contribution < 1.29 is 14.6 Å². The van der Waals surface area contributed by atoms with Crippen molar-refractivity contribution in [3.8, 4) is 11.1 Å². The molecule has 0 spiro atoms. The summed E-state index contributed by atoms with van der Waals surface area (Å²) in [6.45, 7) is 6.48. The first-order chi connectivity index (χ1) is 12.1. The molecule has 9 nitrogen and oxygen atoms in total. The van der Waals surface area contributed by atoms with Gasteiger partial charge in [0.25, 0.3) is 5.56 Å². The fourth-order valence-corrected chi connectivity index (χ4v) is 2.34. The van der Waals surface area contributed by atoms with E-state index in [2.05, 4.69) is 15.3 Å². The van der Waals surface area contributed by atoms with E-state index < -0.39 is 5.60 Å². The standard InChI is InChI=1S/C9H17NO3.C8H8N4O/c1-9(2,3)13-8(12)10-5-4-7(11)6-10;1-12-5-7(4-10-12)6-2-8(13)11-9-3-6/h7,11H,4-6H2,1-3H3;2-5H,1H3,(H,11,13). The minimum Gasteiger partial charge on any atom is -0.444 e. The first kappa shape index (κ1) is 19.6. The molecule has 9 heteroatoms. The third kappa shape index (κ3) is 5.99. The molecule has 3 heterocycles. The van der Waals surface area contributed by atoms with Gasteiger partial charge in [0.2, 0.25) is 0 Å². The molecule has 1 saturated heterocycles. The Morgan fingerprint density at radius 3 is 2.58 bits per heavy atom. The van der Waals surface area contributed by atoms with Crippen molar-refractivity contribution in [2.24, 2.45) is 7.05 Å². The van der Waals surface area contributed by atoms with Crippen molar-refractivity contribution in [1.82, 2.24) is 24.9 Å². The van der Waals surface area contributed by atoms with E-state index in [-0.39, 0.29) is 17.8 Å². The molecule has 2 aromatic heterocycles. The number of H-pyrrole nitrogens is 1. The van der Waals surface area contributed by atoms with Gasteiger partial charge in [-0.15, -0.1) is 0 Å². The van der Waals surface area contributed by atoms with E-state index in [0.717, 1.165) is 11.1 Å². The smallest absolute Gasteiger partial charge is 0.410 e. The summed E-state index contributed by atoms with van der Waals surface area (Å²) < 4.78 is 6.82. The molecule has 1 aliphatic rings. The molecule has 1 fully saturated rings. The van der Waals surface area contributed by atoms with Gasteiger partial charge in [0.05, 0.1) is 18.5 Å². The average molecular weight is 363 g/mol. The van der Waals surface area contributed by atoms with Crippen LogP contribution in [0.3, 0.4) is 0 Å². The van der Waals surface area contributed by atoms with Crippen molar-refractivity contribution in [3.63, 3.8) is 0 Å². The highest BCUT2D eigenvalue weighted by atomic mass is 16.6. The number of amides is 1. The third-order valence-corrected chi connectivity index (χ3v) is 3.52. The number of aliphatic hydroxyl groups excluding tert-OH is 1. The molecule has 0 aliphatic carbocycles. The second kappa shape index (κ2) is 8.13. The highest BCUT2D eigenvalue weighted by Crippen LogP contribution is 2.15. The minimum absolute atomic E-state index is 0.207. The van der Waals surface area contributed by atoms with E-state index >= 15 is 0 Å². The van der Waals surface area contributed by atoms with Crippen LogP contribution in [0.15, 0.2) is 29.5 Å². The van der Waals surface area contributed by atoms with Crippen LogP contribution in [0.4, 0.5) is 4.79 Å². The van der Waals surface area contributed by atoms with E-state index in [1.54, 1.807) is 17.1 Å². The molecule has 2 N–H and O–H groups in total. The molecule has 26 heavy (non-hydrogen) atoms. The number of nitrogens with zero attached hydrogens (tertiary/aromatic N) is 4. The lowest BCUT2D eigenvalue weighted by Gasteiger charge is -2.24. The first-order valence-corrected chi connectivity index (χ1v) is 8.34. The van der Waals surface area contributed by atoms with Crippen molar-refractivity contribution >= 4 is 6.09 Å². The average Bonchev–Trinajstić information content (AvgIpc) is 3.15. The molecule has 1 aliphatic heterocycles. The van der Waals surface area contributed by atoms with Crippen LogP contribution in [-0.4, -0.2) is 60.9 Å². The van der Waals surface area contributed by atoms with Crippen LogP contribution in [0.5, 0.6) is 0 Å². The van der Waals surface area contributed by atoms with Crippen LogP contribution in [0, 0.1) is 0 Å². The SMILES string of the molecule is CC(C)(C)OC(=O)N1CCC(O)C1.Cn1cc(-c2cn[nH]c(=O)c2)cn1. The van der Waals surface area contributed by atoms with Gasteiger partial charge in [-0.2, -0.15) is 10.2 Å². The molecule has 0 saturated carbocycles. The summed E-state index contributed by atoms with van der Waals surface area (Å²) in [5.41, 5.74) is 1.00. The highest BCUT2D eigenvalue weighted by molar-refractivity contribution is 5.68. The van der Waals surface area contributed by atoms with Crippen LogP contribution in [0.25, 0.3) is 11.1 Å². The Hall–Kier alpha value is -2.68. The number of ether oxygens (including phenoxy) is 1. The van der Waals surface area contributed by atoms with Crippen LogP contribution < -0.4 is 5.56 Å². The van der Waals surface area contributed by atoms with E-state index in [0.29, 0.717) is 19.5 Å². The number of carbonyl (C=O) groups excluding carboxylic acids is 1. The summed E-state index contributed by atoms with van der Waals surface area (Å²) >= 11 is 0. The van der Waals surface area contributed by atoms with Crippen LogP contribution >= 0.6 is 0 Å².